The lowest BCUT2D eigenvalue weighted by Crippen LogP contribution is -2.45. The highest BCUT2D eigenvalue weighted by Crippen LogP contribution is 2.09. The molecule has 1 unspecified atom stereocenters. The standard InChI is InChI=1S/C11H20FNO4S/c1-11(2,3)17-10(16)13-8(9(14)15)7-18-6-4-5-12/h8H,4-7H2,1-3H3,(H,13,16)(H,14,15). The fourth-order valence-electron chi connectivity index (χ4n) is 0.982. The van der Waals surface area contributed by atoms with Crippen LogP contribution in [-0.4, -0.2) is 47.0 Å². The van der Waals surface area contributed by atoms with E-state index in [0.29, 0.717) is 12.2 Å². The summed E-state index contributed by atoms with van der Waals surface area (Å²) in [4.78, 5) is 22.3. The van der Waals surface area contributed by atoms with Gasteiger partial charge in [0.2, 0.25) is 0 Å². The number of ether oxygens (including phenoxy) is 1. The molecule has 0 aliphatic heterocycles. The number of halogens is 1. The van der Waals surface area contributed by atoms with E-state index in [0.717, 1.165) is 0 Å². The monoisotopic (exact) mass is 281 g/mol. The number of carbonyl (C=O) groups is 2. The summed E-state index contributed by atoms with van der Waals surface area (Å²) in [6.45, 7) is 4.65. The van der Waals surface area contributed by atoms with Crippen LogP contribution in [0, 0.1) is 0 Å². The van der Waals surface area contributed by atoms with Crippen molar-refractivity contribution in [2.45, 2.75) is 38.8 Å². The Bertz CT molecular complexity index is 281. The van der Waals surface area contributed by atoms with Gasteiger partial charge in [-0.25, -0.2) is 9.59 Å². The lowest BCUT2D eigenvalue weighted by atomic mass is 10.2. The summed E-state index contributed by atoms with van der Waals surface area (Å²) < 4.78 is 16.8. The number of alkyl halides is 1. The molecule has 0 saturated carbocycles. The van der Waals surface area contributed by atoms with E-state index in [1.165, 1.54) is 11.8 Å². The van der Waals surface area contributed by atoms with E-state index in [1.807, 2.05) is 0 Å². The molecule has 0 radical (unpaired) electrons. The van der Waals surface area contributed by atoms with Crippen LogP contribution in [0.2, 0.25) is 0 Å². The van der Waals surface area contributed by atoms with Crippen molar-refractivity contribution in [1.82, 2.24) is 5.32 Å². The van der Waals surface area contributed by atoms with Crippen LogP contribution in [0.3, 0.4) is 0 Å². The van der Waals surface area contributed by atoms with Gasteiger partial charge in [0.1, 0.15) is 11.6 Å². The van der Waals surface area contributed by atoms with Gasteiger partial charge in [-0.15, -0.1) is 0 Å². The fourth-order valence-corrected chi connectivity index (χ4v) is 1.92. The van der Waals surface area contributed by atoms with Gasteiger partial charge in [-0.05, 0) is 32.9 Å². The van der Waals surface area contributed by atoms with Crippen LogP contribution >= 0.6 is 11.8 Å². The summed E-state index contributed by atoms with van der Waals surface area (Å²) in [6.07, 6.45) is -0.385. The number of alkyl carbamates (subject to hydrolysis) is 1. The number of hydrogen-bond donors (Lipinski definition) is 2. The van der Waals surface area contributed by atoms with Crippen molar-refractivity contribution < 1.29 is 23.8 Å². The second kappa shape index (κ2) is 8.18. The van der Waals surface area contributed by atoms with Gasteiger partial charge in [-0.1, -0.05) is 0 Å². The molecule has 0 fully saturated rings. The van der Waals surface area contributed by atoms with Crippen molar-refractivity contribution in [3.63, 3.8) is 0 Å². The summed E-state index contributed by atoms with van der Waals surface area (Å²) in [7, 11) is 0. The summed E-state index contributed by atoms with van der Waals surface area (Å²) in [6, 6.07) is -1.02. The third-order valence-electron chi connectivity index (χ3n) is 1.70. The SMILES string of the molecule is CC(C)(C)OC(=O)NC(CSCCCF)C(=O)O. The minimum atomic E-state index is -1.13. The quantitative estimate of drug-likeness (QED) is 0.699. The zero-order valence-electron chi connectivity index (χ0n) is 10.9. The molecule has 1 atom stereocenters. The van der Waals surface area contributed by atoms with Gasteiger partial charge in [-0.3, -0.25) is 4.39 Å². The van der Waals surface area contributed by atoms with E-state index >= 15 is 0 Å². The Hall–Kier alpha value is -0.980. The van der Waals surface area contributed by atoms with Gasteiger partial charge in [0, 0.05) is 5.75 Å². The Morgan fingerprint density at radius 2 is 2.06 bits per heavy atom. The Morgan fingerprint density at radius 1 is 1.44 bits per heavy atom. The lowest BCUT2D eigenvalue weighted by molar-refractivity contribution is -0.138. The molecule has 0 rings (SSSR count). The molecule has 0 aliphatic carbocycles. The summed E-state index contributed by atoms with van der Waals surface area (Å²) in [5.74, 6) is -0.418. The third kappa shape index (κ3) is 9.09. The van der Waals surface area contributed by atoms with Gasteiger partial charge in [0.25, 0.3) is 0 Å². The van der Waals surface area contributed by atoms with Crippen LogP contribution in [0.25, 0.3) is 0 Å². The van der Waals surface area contributed by atoms with Crippen molar-refractivity contribution >= 4 is 23.8 Å². The number of carbonyl (C=O) groups excluding carboxylic acids is 1. The molecule has 106 valence electrons. The van der Waals surface area contributed by atoms with Gasteiger partial charge in [-0.2, -0.15) is 11.8 Å². The zero-order chi connectivity index (χ0) is 14.2. The summed E-state index contributed by atoms with van der Waals surface area (Å²) >= 11 is 1.28. The van der Waals surface area contributed by atoms with Crippen LogP contribution in [0.5, 0.6) is 0 Å². The van der Waals surface area contributed by atoms with Crippen molar-refractivity contribution in [1.29, 1.82) is 0 Å². The molecule has 0 spiro atoms. The number of thioether (sulfide) groups is 1. The molecular formula is C11H20FNO4S. The molecule has 0 saturated heterocycles. The molecule has 0 heterocycles. The molecule has 0 aliphatic rings. The van der Waals surface area contributed by atoms with Crippen LogP contribution in [-0.2, 0) is 9.53 Å². The maximum absolute atomic E-state index is 11.9. The second-order valence-electron chi connectivity index (χ2n) is 4.65. The van der Waals surface area contributed by atoms with Crippen LogP contribution in [0.1, 0.15) is 27.2 Å². The van der Waals surface area contributed by atoms with E-state index in [2.05, 4.69) is 5.32 Å². The zero-order valence-corrected chi connectivity index (χ0v) is 11.7. The molecule has 0 aromatic carbocycles. The molecule has 0 aromatic heterocycles. The number of rotatable bonds is 7. The maximum Gasteiger partial charge on any atom is 0.408 e. The number of hydrogen-bond acceptors (Lipinski definition) is 4. The number of amides is 1. The Morgan fingerprint density at radius 3 is 2.50 bits per heavy atom. The second-order valence-corrected chi connectivity index (χ2v) is 5.80. The summed E-state index contributed by atoms with van der Waals surface area (Å²) in [5, 5.41) is 11.2. The first-order chi connectivity index (χ1) is 8.26. The van der Waals surface area contributed by atoms with E-state index in [-0.39, 0.29) is 5.75 Å². The van der Waals surface area contributed by atoms with Gasteiger partial charge >= 0.3 is 12.1 Å². The highest BCUT2D eigenvalue weighted by atomic mass is 32.2. The van der Waals surface area contributed by atoms with Gasteiger partial charge < -0.3 is 15.2 Å². The van der Waals surface area contributed by atoms with Crippen molar-refractivity contribution in [3.8, 4) is 0 Å². The highest BCUT2D eigenvalue weighted by molar-refractivity contribution is 7.99. The first-order valence-electron chi connectivity index (χ1n) is 5.62. The molecule has 0 aromatic rings. The maximum atomic E-state index is 11.9. The van der Waals surface area contributed by atoms with Crippen molar-refractivity contribution in [2.75, 3.05) is 18.2 Å². The third-order valence-corrected chi connectivity index (χ3v) is 2.84. The lowest BCUT2D eigenvalue weighted by Gasteiger charge is -2.21. The highest BCUT2D eigenvalue weighted by Gasteiger charge is 2.23. The first kappa shape index (κ1) is 17.0. The van der Waals surface area contributed by atoms with E-state index in [9.17, 15) is 14.0 Å². The number of carboxylic acid groups (broad SMARTS) is 1. The van der Waals surface area contributed by atoms with Crippen LogP contribution in [0.15, 0.2) is 0 Å². The fraction of sp³-hybridized carbons (Fsp3) is 0.818. The smallest absolute Gasteiger partial charge is 0.408 e. The van der Waals surface area contributed by atoms with E-state index < -0.39 is 30.4 Å². The minimum Gasteiger partial charge on any atom is -0.480 e. The summed E-state index contributed by atoms with van der Waals surface area (Å²) in [5.41, 5.74) is -0.672. The van der Waals surface area contributed by atoms with Gasteiger partial charge in [0.15, 0.2) is 0 Å². The molecule has 5 nitrogen and oxygen atoms in total. The first-order valence-corrected chi connectivity index (χ1v) is 6.78. The molecule has 18 heavy (non-hydrogen) atoms. The topological polar surface area (TPSA) is 75.6 Å². The molecule has 1 amide bonds. The molecular weight excluding hydrogens is 261 g/mol. The minimum absolute atomic E-state index is 0.189. The number of nitrogens with one attached hydrogen (secondary N) is 1. The molecule has 7 heteroatoms. The van der Waals surface area contributed by atoms with Crippen molar-refractivity contribution in [2.24, 2.45) is 0 Å². The Kier molecular flexibility index (Phi) is 7.73. The largest absolute Gasteiger partial charge is 0.480 e. The molecule has 2 N–H and O–H groups in total. The predicted molar refractivity (Wildman–Crippen MR) is 68.7 cm³/mol. The van der Waals surface area contributed by atoms with Crippen LogP contribution < -0.4 is 5.32 Å². The van der Waals surface area contributed by atoms with E-state index in [1.54, 1.807) is 20.8 Å². The molecule has 0 bridgehead atoms. The normalized spacial score (nSPS) is 12.9. The van der Waals surface area contributed by atoms with Gasteiger partial charge in [0.05, 0.1) is 6.67 Å². The average molecular weight is 281 g/mol. The van der Waals surface area contributed by atoms with E-state index in [4.69, 9.17) is 9.84 Å². The Labute approximate surface area is 110 Å². The number of carboxylic acids is 1. The predicted octanol–water partition coefficient (Wildman–Crippen LogP) is 2.06. The Balaban J connectivity index is 4.11. The van der Waals surface area contributed by atoms with Crippen LogP contribution in [0.4, 0.5) is 9.18 Å². The van der Waals surface area contributed by atoms with Crippen molar-refractivity contribution in [3.05, 3.63) is 0 Å². The number of aliphatic carboxylic acids is 1. The average Bonchev–Trinajstić information content (AvgIpc) is 2.19.